The van der Waals surface area contributed by atoms with Crippen molar-refractivity contribution in [3.63, 3.8) is 0 Å². The molecule has 2 amide bonds. The second-order valence-corrected chi connectivity index (χ2v) is 5.07. The van der Waals surface area contributed by atoms with E-state index in [1.807, 2.05) is 24.4 Å². The van der Waals surface area contributed by atoms with Crippen LogP contribution in [0.25, 0.3) is 5.82 Å². The molecule has 9 heteroatoms. The van der Waals surface area contributed by atoms with Crippen molar-refractivity contribution < 1.29 is 9.32 Å². The summed E-state index contributed by atoms with van der Waals surface area (Å²) in [6.07, 6.45) is 5.71. The maximum absolute atomic E-state index is 11.7. The van der Waals surface area contributed by atoms with Gasteiger partial charge in [0.15, 0.2) is 11.6 Å². The summed E-state index contributed by atoms with van der Waals surface area (Å²) < 4.78 is 6.64. The Hall–Kier alpha value is -3.23. The number of amides is 2. The lowest BCUT2D eigenvalue weighted by Crippen LogP contribution is -2.36. The van der Waals surface area contributed by atoms with E-state index in [1.54, 1.807) is 24.0 Å². The van der Waals surface area contributed by atoms with Gasteiger partial charge in [-0.15, -0.1) is 0 Å². The first kappa shape index (κ1) is 15.7. The number of aryl methyl sites for hydroxylation is 1. The molecular formula is C15H17N7O2. The zero-order chi connectivity index (χ0) is 16.8. The first-order valence-corrected chi connectivity index (χ1v) is 7.46. The van der Waals surface area contributed by atoms with Gasteiger partial charge in [-0.3, -0.25) is 0 Å². The smallest absolute Gasteiger partial charge is 0.315 e. The second-order valence-electron chi connectivity index (χ2n) is 5.07. The number of urea groups is 1. The van der Waals surface area contributed by atoms with Crippen LogP contribution in [0.2, 0.25) is 0 Å². The fourth-order valence-corrected chi connectivity index (χ4v) is 2.03. The van der Waals surface area contributed by atoms with E-state index in [0.29, 0.717) is 31.2 Å². The van der Waals surface area contributed by atoms with Crippen LogP contribution >= 0.6 is 0 Å². The third-order valence-corrected chi connectivity index (χ3v) is 3.20. The molecule has 0 aliphatic rings. The normalized spacial score (nSPS) is 10.5. The Morgan fingerprint density at radius 3 is 2.92 bits per heavy atom. The second kappa shape index (κ2) is 7.36. The molecule has 0 saturated carbocycles. The van der Waals surface area contributed by atoms with E-state index < -0.39 is 0 Å². The summed E-state index contributed by atoms with van der Waals surface area (Å²) in [5.74, 6) is 1.81. The Labute approximate surface area is 138 Å². The highest BCUT2D eigenvalue weighted by atomic mass is 16.5. The number of carbonyl (C=O) groups is 1. The van der Waals surface area contributed by atoms with Crippen molar-refractivity contribution in [3.8, 4) is 5.82 Å². The molecule has 3 heterocycles. The first-order chi connectivity index (χ1) is 11.7. The minimum atomic E-state index is -0.262. The van der Waals surface area contributed by atoms with Crippen molar-refractivity contribution in [1.82, 2.24) is 35.5 Å². The van der Waals surface area contributed by atoms with E-state index in [2.05, 4.69) is 30.9 Å². The van der Waals surface area contributed by atoms with Gasteiger partial charge in [0.05, 0.1) is 0 Å². The molecule has 0 saturated heterocycles. The Morgan fingerprint density at radius 2 is 2.25 bits per heavy atom. The number of aromatic nitrogens is 5. The predicted octanol–water partition coefficient (Wildman–Crippen LogP) is 1.00. The van der Waals surface area contributed by atoms with Gasteiger partial charge in [-0.25, -0.2) is 14.5 Å². The maximum atomic E-state index is 11.7. The van der Waals surface area contributed by atoms with E-state index >= 15 is 0 Å². The van der Waals surface area contributed by atoms with Crippen LogP contribution in [0.3, 0.4) is 0 Å². The van der Waals surface area contributed by atoms with Gasteiger partial charge in [-0.05, 0) is 24.6 Å². The standard InChI is InChI=1S/C15H17N7O2/c1-11-20-14(24-21-11)5-7-16-15(23)18-10-12-3-4-13(17-9-12)22-8-2-6-19-22/h2-4,6,8-9H,5,7,10H2,1H3,(H2,16,18,23). The van der Waals surface area contributed by atoms with Gasteiger partial charge < -0.3 is 15.2 Å². The summed E-state index contributed by atoms with van der Waals surface area (Å²) in [5, 5.41) is 13.3. The van der Waals surface area contributed by atoms with Crippen molar-refractivity contribution >= 4 is 6.03 Å². The number of nitrogens with zero attached hydrogens (tertiary/aromatic N) is 5. The molecule has 0 atom stereocenters. The fraction of sp³-hybridized carbons (Fsp3) is 0.267. The van der Waals surface area contributed by atoms with Gasteiger partial charge in [-0.1, -0.05) is 11.2 Å². The number of nitrogens with one attached hydrogen (secondary N) is 2. The van der Waals surface area contributed by atoms with Crippen LogP contribution < -0.4 is 10.6 Å². The molecule has 24 heavy (non-hydrogen) atoms. The van der Waals surface area contributed by atoms with Crippen LogP contribution in [-0.4, -0.2) is 37.5 Å². The molecule has 0 radical (unpaired) electrons. The molecule has 0 unspecified atom stereocenters. The first-order valence-electron chi connectivity index (χ1n) is 7.46. The molecule has 0 fully saturated rings. The molecule has 0 spiro atoms. The lowest BCUT2D eigenvalue weighted by atomic mass is 10.3. The van der Waals surface area contributed by atoms with Crippen molar-refractivity contribution in [2.75, 3.05) is 6.54 Å². The number of hydrogen-bond donors (Lipinski definition) is 2. The minimum absolute atomic E-state index is 0.262. The predicted molar refractivity (Wildman–Crippen MR) is 84.3 cm³/mol. The van der Waals surface area contributed by atoms with Gasteiger partial charge >= 0.3 is 6.03 Å². The van der Waals surface area contributed by atoms with Gasteiger partial charge in [0, 0.05) is 38.1 Å². The van der Waals surface area contributed by atoms with Gasteiger partial charge in [0.1, 0.15) is 0 Å². The SMILES string of the molecule is Cc1noc(CCNC(=O)NCc2ccc(-n3cccn3)nc2)n1. The summed E-state index contributed by atoms with van der Waals surface area (Å²) in [7, 11) is 0. The molecule has 3 aromatic heterocycles. The molecule has 0 aliphatic heterocycles. The molecule has 3 aromatic rings. The van der Waals surface area contributed by atoms with E-state index in [4.69, 9.17) is 4.52 Å². The Bertz CT molecular complexity index is 781. The molecular weight excluding hydrogens is 310 g/mol. The quantitative estimate of drug-likeness (QED) is 0.699. The summed E-state index contributed by atoms with van der Waals surface area (Å²) >= 11 is 0. The van der Waals surface area contributed by atoms with Crippen LogP contribution in [0, 0.1) is 6.92 Å². The van der Waals surface area contributed by atoms with E-state index in [-0.39, 0.29) is 6.03 Å². The average molecular weight is 327 g/mol. The topological polar surface area (TPSA) is 111 Å². The lowest BCUT2D eigenvalue weighted by molar-refractivity contribution is 0.240. The molecule has 124 valence electrons. The Balaban J connectivity index is 1.41. The number of pyridine rings is 1. The Morgan fingerprint density at radius 1 is 1.33 bits per heavy atom. The summed E-state index contributed by atoms with van der Waals surface area (Å²) in [6, 6.07) is 5.31. The fourth-order valence-electron chi connectivity index (χ4n) is 2.03. The highest BCUT2D eigenvalue weighted by molar-refractivity contribution is 5.73. The van der Waals surface area contributed by atoms with E-state index in [0.717, 1.165) is 11.4 Å². The number of rotatable bonds is 6. The van der Waals surface area contributed by atoms with Crippen molar-refractivity contribution in [2.24, 2.45) is 0 Å². The van der Waals surface area contributed by atoms with Crippen LogP contribution in [-0.2, 0) is 13.0 Å². The summed E-state index contributed by atoms with van der Waals surface area (Å²) in [6.45, 7) is 2.56. The van der Waals surface area contributed by atoms with Crippen LogP contribution in [0.5, 0.6) is 0 Å². The van der Waals surface area contributed by atoms with Crippen LogP contribution in [0.1, 0.15) is 17.3 Å². The van der Waals surface area contributed by atoms with Crippen molar-refractivity contribution in [1.29, 1.82) is 0 Å². The zero-order valence-electron chi connectivity index (χ0n) is 13.1. The summed E-state index contributed by atoms with van der Waals surface area (Å²) in [4.78, 5) is 20.1. The highest BCUT2D eigenvalue weighted by Crippen LogP contribution is 2.04. The van der Waals surface area contributed by atoms with Crippen LogP contribution in [0.4, 0.5) is 4.79 Å². The van der Waals surface area contributed by atoms with Gasteiger partial charge in [-0.2, -0.15) is 10.1 Å². The maximum Gasteiger partial charge on any atom is 0.315 e. The average Bonchev–Trinajstić information content (AvgIpc) is 3.25. The molecule has 0 aliphatic carbocycles. The monoisotopic (exact) mass is 327 g/mol. The highest BCUT2D eigenvalue weighted by Gasteiger charge is 2.05. The van der Waals surface area contributed by atoms with E-state index in [1.165, 1.54) is 0 Å². The minimum Gasteiger partial charge on any atom is -0.339 e. The van der Waals surface area contributed by atoms with Gasteiger partial charge in [0.2, 0.25) is 5.89 Å². The van der Waals surface area contributed by atoms with Crippen molar-refractivity contribution in [2.45, 2.75) is 19.9 Å². The van der Waals surface area contributed by atoms with Crippen molar-refractivity contribution in [3.05, 3.63) is 54.1 Å². The van der Waals surface area contributed by atoms with Gasteiger partial charge in [0.25, 0.3) is 0 Å². The molecule has 0 bridgehead atoms. The Kier molecular flexibility index (Phi) is 4.80. The summed E-state index contributed by atoms with van der Waals surface area (Å²) in [5.41, 5.74) is 0.897. The zero-order valence-corrected chi connectivity index (χ0v) is 13.1. The van der Waals surface area contributed by atoms with E-state index in [9.17, 15) is 4.79 Å². The number of hydrogen-bond acceptors (Lipinski definition) is 6. The molecule has 3 rings (SSSR count). The third kappa shape index (κ3) is 4.15. The largest absolute Gasteiger partial charge is 0.339 e. The third-order valence-electron chi connectivity index (χ3n) is 3.20. The molecule has 9 nitrogen and oxygen atoms in total. The molecule has 2 N–H and O–H groups in total. The number of carbonyl (C=O) groups excluding carboxylic acids is 1. The molecule has 0 aromatic carbocycles. The lowest BCUT2D eigenvalue weighted by Gasteiger charge is -2.07. The van der Waals surface area contributed by atoms with Crippen LogP contribution in [0.15, 0.2) is 41.3 Å².